The summed E-state index contributed by atoms with van der Waals surface area (Å²) in [5.41, 5.74) is 7.01. The molecule has 2 rings (SSSR count). The van der Waals surface area contributed by atoms with Crippen molar-refractivity contribution in [1.29, 1.82) is 0 Å². The molecular formula is C15H22N2O2. The second-order valence-corrected chi connectivity index (χ2v) is 5.22. The van der Waals surface area contributed by atoms with Crippen molar-refractivity contribution >= 4 is 17.3 Å². The first-order chi connectivity index (χ1) is 9.19. The Hall–Kier alpha value is -1.71. The van der Waals surface area contributed by atoms with Crippen molar-refractivity contribution in [3.05, 3.63) is 18.2 Å². The fraction of sp³-hybridized carbons (Fsp3) is 0.533. The molecule has 1 amide bonds. The van der Waals surface area contributed by atoms with Gasteiger partial charge in [0.25, 0.3) is 0 Å². The van der Waals surface area contributed by atoms with E-state index in [2.05, 4.69) is 5.32 Å². The van der Waals surface area contributed by atoms with E-state index in [1.54, 1.807) is 25.3 Å². The molecule has 104 valence electrons. The maximum Gasteiger partial charge on any atom is 0.224 e. The Kier molecular flexibility index (Phi) is 4.66. The van der Waals surface area contributed by atoms with E-state index in [0.29, 0.717) is 29.5 Å². The largest absolute Gasteiger partial charge is 0.494 e. The number of nitrogen functional groups attached to an aromatic ring is 1. The van der Waals surface area contributed by atoms with Crippen molar-refractivity contribution < 1.29 is 9.53 Å². The maximum atomic E-state index is 12.0. The average Bonchev–Trinajstić information content (AvgIpc) is 2.42. The number of nitrogens with one attached hydrogen (secondary N) is 1. The van der Waals surface area contributed by atoms with Crippen molar-refractivity contribution in [1.82, 2.24) is 0 Å². The number of nitrogens with two attached hydrogens (primary N) is 1. The SMILES string of the molecule is COc1cc(N)ccc1NC(=O)CC1CCCCC1. The molecule has 1 aromatic rings. The first-order valence-electron chi connectivity index (χ1n) is 6.92. The van der Waals surface area contributed by atoms with Gasteiger partial charge in [0.15, 0.2) is 0 Å². The van der Waals surface area contributed by atoms with Crippen molar-refractivity contribution in [2.45, 2.75) is 38.5 Å². The lowest BCUT2D eigenvalue weighted by Crippen LogP contribution is -2.18. The van der Waals surface area contributed by atoms with Gasteiger partial charge in [-0.25, -0.2) is 0 Å². The Labute approximate surface area is 114 Å². The molecule has 4 heteroatoms. The summed E-state index contributed by atoms with van der Waals surface area (Å²) in [6.45, 7) is 0. The van der Waals surface area contributed by atoms with Crippen LogP contribution < -0.4 is 15.8 Å². The number of amides is 1. The fourth-order valence-corrected chi connectivity index (χ4v) is 2.67. The lowest BCUT2D eigenvalue weighted by Gasteiger charge is -2.21. The number of anilines is 2. The zero-order chi connectivity index (χ0) is 13.7. The molecule has 0 heterocycles. The Balaban J connectivity index is 1.94. The van der Waals surface area contributed by atoms with Gasteiger partial charge in [0.1, 0.15) is 5.75 Å². The predicted octanol–water partition coefficient (Wildman–Crippen LogP) is 3.19. The Morgan fingerprint density at radius 1 is 1.37 bits per heavy atom. The monoisotopic (exact) mass is 262 g/mol. The highest BCUT2D eigenvalue weighted by molar-refractivity contribution is 5.92. The molecule has 0 unspecified atom stereocenters. The van der Waals surface area contributed by atoms with Gasteiger partial charge >= 0.3 is 0 Å². The first-order valence-corrected chi connectivity index (χ1v) is 6.92. The van der Waals surface area contributed by atoms with Crippen LogP contribution in [0.1, 0.15) is 38.5 Å². The summed E-state index contributed by atoms with van der Waals surface area (Å²) in [7, 11) is 1.57. The zero-order valence-electron chi connectivity index (χ0n) is 11.4. The Morgan fingerprint density at radius 3 is 2.79 bits per heavy atom. The highest BCUT2D eigenvalue weighted by atomic mass is 16.5. The second kappa shape index (κ2) is 6.45. The van der Waals surface area contributed by atoms with Gasteiger partial charge in [-0.2, -0.15) is 0 Å². The third kappa shape index (κ3) is 3.88. The summed E-state index contributed by atoms with van der Waals surface area (Å²) >= 11 is 0. The minimum Gasteiger partial charge on any atom is -0.494 e. The zero-order valence-corrected chi connectivity index (χ0v) is 11.4. The molecular weight excluding hydrogens is 240 g/mol. The molecule has 0 bridgehead atoms. The Morgan fingerprint density at radius 2 is 2.11 bits per heavy atom. The lowest BCUT2D eigenvalue weighted by atomic mass is 9.87. The van der Waals surface area contributed by atoms with E-state index < -0.39 is 0 Å². The van der Waals surface area contributed by atoms with Crippen molar-refractivity contribution in [2.75, 3.05) is 18.2 Å². The van der Waals surface area contributed by atoms with Crippen molar-refractivity contribution in [3.8, 4) is 5.75 Å². The summed E-state index contributed by atoms with van der Waals surface area (Å²) in [4.78, 5) is 12.0. The molecule has 0 radical (unpaired) electrons. The van der Waals surface area contributed by atoms with Crippen molar-refractivity contribution in [2.24, 2.45) is 5.92 Å². The molecule has 1 aliphatic rings. The van der Waals surface area contributed by atoms with E-state index in [1.165, 1.54) is 32.1 Å². The number of rotatable bonds is 4. The van der Waals surface area contributed by atoms with Crippen LogP contribution in [0, 0.1) is 5.92 Å². The van der Waals surface area contributed by atoms with Crippen LogP contribution in [0.2, 0.25) is 0 Å². The highest BCUT2D eigenvalue weighted by Gasteiger charge is 2.17. The van der Waals surface area contributed by atoms with E-state index in [9.17, 15) is 4.79 Å². The molecule has 0 saturated heterocycles. The van der Waals surface area contributed by atoms with Crippen molar-refractivity contribution in [3.63, 3.8) is 0 Å². The van der Waals surface area contributed by atoms with E-state index in [1.807, 2.05) is 0 Å². The van der Waals surface area contributed by atoms with Crippen LogP contribution in [0.5, 0.6) is 5.75 Å². The number of ether oxygens (including phenoxy) is 1. The summed E-state index contributed by atoms with van der Waals surface area (Å²) in [5, 5.41) is 2.92. The Bertz CT molecular complexity index is 440. The van der Waals surface area contributed by atoms with Gasteiger partial charge in [0.2, 0.25) is 5.91 Å². The standard InChI is InChI=1S/C15H22N2O2/c1-19-14-10-12(16)7-8-13(14)17-15(18)9-11-5-3-2-4-6-11/h7-8,10-11H,2-6,9,16H2,1H3,(H,17,18). The lowest BCUT2D eigenvalue weighted by molar-refractivity contribution is -0.117. The van der Waals surface area contributed by atoms with Gasteiger partial charge in [-0.05, 0) is 30.9 Å². The maximum absolute atomic E-state index is 12.0. The number of hydrogen-bond donors (Lipinski definition) is 2. The van der Waals surface area contributed by atoms with Crippen LogP contribution in [0.25, 0.3) is 0 Å². The molecule has 0 atom stereocenters. The van der Waals surface area contributed by atoms with Gasteiger partial charge < -0.3 is 15.8 Å². The molecule has 4 nitrogen and oxygen atoms in total. The molecule has 1 fully saturated rings. The summed E-state index contributed by atoms with van der Waals surface area (Å²) < 4.78 is 5.22. The average molecular weight is 262 g/mol. The van der Waals surface area contributed by atoms with Crippen LogP contribution >= 0.6 is 0 Å². The number of methoxy groups -OCH3 is 1. The molecule has 0 aromatic heterocycles. The molecule has 0 spiro atoms. The number of hydrogen-bond acceptors (Lipinski definition) is 3. The molecule has 1 aromatic carbocycles. The minimum absolute atomic E-state index is 0.0648. The summed E-state index contributed by atoms with van der Waals surface area (Å²) in [5.74, 6) is 1.21. The van der Waals surface area contributed by atoms with E-state index in [-0.39, 0.29) is 5.91 Å². The van der Waals surface area contributed by atoms with Crippen LogP contribution in [-0.2, 0) is 4.79 Å². The third-order valence-corrected chi connectivity index (χ3v) is 3.70. The van der Waals surface area contributed by atoms with Gasteiger partial charge in [-0.3, -0.25) is 4.79 Å². The molecule has 0 aliphatic heterocycles. The van der Waals surface area contributed by atoms with Gasteiger partial charge in [0, 0.05) is 18.2 Å². The number of carbonyl (C=O) groups is 1. The van der Waals surface area contributed by atoms with Crippen LogP contribution in [0.3, 0.4) is 0 Å². The van der Waals surface area contributed by atoms with Crippen LogP contribution in [-0.4, -0.2) is 13.0 Å². The number of benzene rings is 1. The van der Waals surface area contributed by atoms with E-state index >= 15 is 0 Å². The second-order valence-electron chi connectivity index (χ2n) is 5.22. The first kappa shape index (κ1) is 13.7. The summed E-state index contributed by atoms with van der Waals surface area (Å²) in [6.07, 6.45) is 6.77. The quantitative estimate of drug-likeness (QED) is 0.819. The molecule has 3 N–H and O–H groups in total. The summed E-state index contributed by atoms with van der Waals surface area (Å²) in [6, 6.07) is 5.27. The predicted molar refractivity (Wildman–Crippen MR) is 77.2 cm³/mol. The van der Waals surface area contributed by atoms with E-state index in [4.69, 9.17) is 10.5 Å². The minimum atomic E-state index is 0.0648. The highest BCUT2D eigenvalue weighted by Crippen LogP contribution is 2.29. The van der Waals surface area contributed by atoms with Gasteiger partial charge in [-0.15, -0.1) is 0 Å². The van der Waals surface area contributed by atoms with Gasteiger partial charge in [0.05, 0.1) is 12.8 Å². The number of carbonyl (C=O) groups excluding carboxylic acids is 1. The topological polar surface area (TPSA) is 64.3 Å². The van der Waals surface area contributed by atoms with E-state index in [0.717, 1.165) is 0 Å². The molecule has 1 saturated carbocycles. The molecule has 1 aliphatic carbocycles. The smallest absolute Gasteiger partial charge is 0.224 e. The van der Waals surface area contributed by atoms with Crippen LogP contribution in [0.15, 0.2) is 18.2 Å². The normalized spacial score (nSPS) is 16.1. The fourth-order valence-electron chi connectivity index (χ4n) is 2.67. The molecule has 19 heavy (non-hydrogen) atoms. The van der Waals surface area contributed by atoms with Gasteiger partial charge in [-0.1, -0.05) is 19.3 Å². The third-order valence-electron chi connectivity index (χ3n) is 3.70. The van der Waals surface area contributed by atoms with Crippen LogP contribution in [0.4, 0.5) is 11.4 Å².